The van der Waals surface area contributed by atoms with E-state index in [1.807, 2.05) is 42.5 Å². The zero-order valence-corrected chi connectivity index (χ0v) is 15.3. The van der Waals surface area contributed by atoms with Crippen molar-refractivity contribution in [1.29, 1.82) is 0 Å². The SMILES string of the molecule is COc1ccc(Cc2cccc([C@@H]3O[C@H](C(C)=O)[C@@H](O)[C@H](O)[C@H]3O)c2)cc1. The summed E-state index contributed by atoms with van der Waals surface area (Å²) < 4.78 is 10.8. The second kappa shape index (κ2) is 8.19. The van der Waals surface area contributed by atoms with Gasteiger partial charge in [0.2, 0.25) is 0 Å². The highest BCUT2D eigenvalue weighted by Crippen LogP contribution is 2.33. The van der Waals surface area contributed by atoms with E-state index in [-0.39, 0.29) is 0 Å². The molecule has 1 saturated heterocycles. The molecule has 0 amide bonds. The van der Waals surface area contributed by atoms with E-state index in [2.05, 4.69) is 0 Å². The Morgan fingerprint density at radius 2 is 1.70 bits per heavy atom. The topological polar surface area (TPSA) is 96.2 Å². The van der Waals surface area contributed by atoms with Gasteiger partial charge in [-0.3, -0.25) is 4.79 Å². The maximum absolute atomic E-state index is 11.7. The first kappa shape index (κ1) is 19.5. The molecule has 144 valence electrons. The normalized spacial score (nSPS) is 28.0. The minimum Gasteiger partial charge on any atom is -0.497 e. The van der Waals surface area contributed by atoms with Crippen molar-refractivity contribution >= 4 is 5.78 Å². The molecule has 0 radical (unpaired) electrons. The number of ketones is 1. The standard InChI is InChI=1S/C21H24O6/c1-12(22)20-18(24)17(23)19(25)21(27-20)15-5-3-4-14(11-15)10-13-6-8-16(26-2)9-7-13/h3-9,11,17-21,23-25H,10H2,1-2H3/t17-,18-,19+,20+,21-/m0/s1. The van der Waals surface area contributed by atoms with E-state index in [1.54, 1.807) is 13.2 Å². The smallest absolute Gasteiger partial charge is 0.161 e. The molecule has 1 aliphatic rings. The Hall–Kier alpha value is -2.25. The fourth-order valence-corrected chi connectivity index (χ4v) is 3.35. The van der Waals surface area contributed by atoms with Crippen LogP contribution < -0.4 is 4.74 Å². The van der Waals surface area contributed by atoms with Gasteiger partial charge in [0.25, 0.3) is 0 Å². The van der Waals surface area contributed by atoms with Crippen molar-refractivity contribution in [2.24, 2.45) is 0 Å². The number of methoxy groups -OCH3 is 1. The van der Waals surface area contributed by atoms with Gasteiger partial charge in [-0.15, -0.1) is 0 Å². The van der Waals surface area contributed by atoms with Crippen molar-refractivity contribution in [2.45, 2.75) is 43.9 Å². The number of hydrogen-bond acceptors (Lipinski definition) is 6. The quantitative estimate of drug-likeness (QED) is 0.734. The maximum Gasteiger partial charge on any atom is 0.161 e. The van der Waals surface area contributed by atoms with Crippen LogP contribution in [0.25, 0.3) is 0 Å². The molecule has 2 aromatic rings. The van der Waals surface area contributed by atoms with Crippen LogP contribution in [0.5, 0.6) is 5.75 Å². The Labute approximate surface area is 158 Å². The molecule has 1 aliphatic heterocycles. The average molecular weight is 372 g/mol. The van der Waals surface area contributed by atoms with Crippen molar-refractivity contribution in [3.8, 4) is 5.75 Å². The number of carbonyl (C=O) groups excluding carboxylic acids is 1. The molecule has 27 heavy (non-hydrogen) atoms. The molecule has 0 aromatic heterocycles. The average Bonchev–Trinajstić information content (AvgIpc) is 2.67. The molecule has 0 unspecified atom stereocenters. The third kappa shape index (κ3) is 4.20. The highest BCUT2D eigenvalue weighted by atomic mass is 16.5. The van der Waals surface area contributed by atoms with Crippen LogP contribution in [0.3, 0.4) is 0 Å². The summed E-state index contributed by atoms with van der Waals surface area (Å²) in [6.07, 6.45) is -5.63. The van der Waals surface area contributed by atoms with Crippen LogP contribution >= 0.6 is 0 Å². The van der Waals surface area contributed by atoms with E-state index in [0.29, 0.717) is 12.0 Å². The minimum absolute atomic E-state index is 0.396. The molecule has 0 aliphatic carbocycles. The zero-order chi connectivity index (χ0) is 19.6. The van der Waals surface area contributed by atoms with Gasteiger partial charge in [-0.1, -0.05) is 36.4 Å². The van der Waals surface area contributed by atoms with Crippen LogP contribution in [0, 0.1) is 0 Å². The Bertz CT molecular complexity index is 788. The molecule has 6 heteroatoms. The first-order valence-electron chi connectivity index (χ1n) is 8.82. The molecule has 6 nitrogen and oxygen atoms in total. The Morgan fingerprint density at radius 3 is 2.33 bits per heavy atom. The van der Waals surface area contributed by atoms with Crippen molar-refractivity contribution in [3.05, 3.63) is 65.2 Å². The van der Waals surface area contributed by atoms with Crippen molar-refractivity contribution in [2.75, 3.05) is 7.11 Å². The summed E-state index contributed by atoms with van der Waals surface area (Å²) in [5.74, 6) is 0.391. The van der Waals surface area contributed by atoms with Gasteiger partial charge in [0.1, 0.15) is 36.3 Å². The minimum atomic E-state index is -1.46. The van der Waals surface area contributed by atoms with Crippen LogP contribution in [0.4, 0.5) is 0 Å². The van der Waals surface area contributed by atoms with Crippen molar-refractivity contribution in [1.82, 2.24) is 0 Å². The summed E-state index contributed by atoms with van der Waals surface area (Å²) in [4.78, 5) is 11.7. The van der Waals surface area contributed by atoms with Crippen LogP contribution in [0.1, 0.15) is 29.7 Å². The number of rotatable bonds is 5. The second-order valence-corrected chi connectivity index (χ2v) is 6.83. The highest BCUT2D eigenvalue weighted by Gasteiger charge is 2.45. The van der Waals surface area contributed by atoms with Crippen LogP contribution in [0.2, 0.25) is 0 Å². The summed E-state index contributed by atoms with van der Waals surface area (Å²) in [6.45, 7) is 1.29. The molecule has 3 N–H and O–H groups in total. The van der Waals surface area contributed by atoms with Crippen LogP contribution in [0.15, 0.2) is 48.5 Å². The summed E-state index contributed by atoms with van der Waals surface area (Å²) in [7, 11) is 1.62. The molecular weight excluding hydrogens is 348 g/mol. The van der Waals surface area contributed by atoms with Gasteiger partial charge < -0.3 is 24.8 Å². The molecule has 3 rings (SSSR count). The second-order valence-electron chi connectivity index (χ2n) is 6.83. The van der Waals surface area contributed by atoms with Gasteiger partial charge in [-0.2, -0.15) is 0 Å². The monoisotopic (exact) mass is 372 g/mol. The summed E-state index contributed by atoms with van der Waals surface area (Å²) in [5, 5.41) is 30.4. The summed E-state index contributed by atoms with van der Waals surface area (Å²) >= 11 is 0. The number of benzene rings is 2. The van der Waals surface area contributed by atoms with Gasteiger partial charge >= 0.3 is 0 Å². The number of hydrogen-bond donors (Lipinski definition) is 3. The summed E-state index contributed by atoms with van der Waals surface area (Å²) in [6, 6.07) is 15.2. The number of aliphatic hydroxyl groups is 3. The predicted octanol–water partition coefficient (Wildman–Crippen LogP) is 1.40. The molecule has 1 fully saturated rings. The lowest BCUT2D eigenvalue weighted by molar-refractivity contribution is -0.221. The lowest BCUT2D eigenvalue weighted by atomic mass is 9.89. The third-order valence-corrected chi connectivity index (χ3v) is 4.86. The Balaban J connectivity index is 1.82. The summed E-state index contributed by atoms with van der Waals surface area (Å²) in [5.41, 5.74) is 2.73. The van der Waals surface area contributed by atoms with Crippen molar-refractivity contribution < 1.29 is 29.6 Å². The van der Waals surface area contributed by atoms with Gasteiger partial charge in [0.15, 0.2) is 5.78 Å². The van der Waals surface area contributed by atoms with E-state index in [0.717, 1.165) is 16.9 Å². The van der Waals surface area contributed by atoms with E-state index in [4.69, 9.17) is 9.47 Å². The molecule has 0 bridgehead atoms. The van der Waals surface area contributed by atoms with E-state index >= 15 is 0 Å². The molecule has 0 spiro atoms. The Kier molecular flexibility index (Phi) is 5.92. The first-order chi connectivity index (χ1) is 12.9. The molecule has 5 atom stereocenters. The van der Waals surface area contributed by atoms with E-state index in [9.17, 15) is 20.1 Å². The van der Waals surface area contributed by atoms with Crippen LogP contribution in [-0.4, -0.2) is 52.6 Å². The predicted molar refractivity (Wildman–Crippen MR) is 98.6 cm³/mol. The molecule has 1 heterocycles. The molecular formula is C21H24O6. The van der Waals surface area contributed by atoms with Crippen molar-refractivity contribution in [3.63, 3.8) is 0 Å². The highest BCUT2D eigenvalue weighted by molar-refractivity contribution is 5.81. The van der Waals surface area contributed by atoms with Gasteiger partial charge in [-0.05, 0) is 42.2 Å². The fraction of sp³-hybridized carbons (Fsp3) is 0.381. The zero-order valence-electron chi connectivity index (χ0n) is 15.3. The van der Waals surface area contributed by atoms with E-state index in [1.165, 1.54) is 6.92 Å². The number of aliphatic hydroxyl groups excluding tert-OH is 3. The number of ether oxygens (including phenoxy) is 2. The van der Waals surface area contributed by atoms with E-state index < -0.39 is 36.3 Å². The number of carbonyl (C=O) groups is 1. The van der Waals surface area contributed by atoms with Crippen LogP contribution in [-0.2, 0) is 16.0 Å². The lowest BCUT2D eigenvalue weighted by Gasteiger charge is -2.40. The largest absolute Gasteiger partial charge is 0.497 e. The van der Waals surface area contributed by atoms with Gasteiger partial charge in [0.05, 0.1) is 7.11 Å². The lowest BCUT2D eigenvalue weighted by Crippen LogP contribution is -2.56. The Morgan fingerprint density at radius 1 is 1.00 bits per heavy atom. The maximum atomic E-state index is 11.7. The molecule has 2 aromatic carbocycles. The first-order valence-corrected chi connectivity index (χ1v) is 8.82. The fourth-order valence-electron chi connectivity index (χ4n) is 3.35. The van der Waals surface area contributed by atoms with Gasteiger partial charge in [-0.25, -0.2) is 0 Å². The molecule has 0 saturated carbocycles. The van der Waals surface area contributed by atoms with Gasteiger partial charge in [0, 0.05) is 0 Å². The third-order valence-electron chi connectivity index (χ3n) is 4.86. The number of Topliss-reactive ketones (excluding diaryl/α,β-unsaturated/α-hetero) is 1.